The number of anilines is 1. The zero-order chi connectivity index (χ0) is 19.3. The highest BCUT2D eigenvalue weighted by molar-refractivity contribution is 7.15. The third-order valence-electron chi connectivity index (χ3n) is 4.80. The zero-order valence-corrected chi connectivity index (χ0v) is 16.8. The van der Waals surface area contributed by atoms with Crippen LogP contribution in [0.3, 0.4) is 0 Å². The first-order chi connectivity index (χ1) is 13.0. The number of β-amino-alcohol motifs (C(OH)–C–C–N with tert-alkyl or cyclic N) is 1. The molecule has 1 atom stereocenters. The van der Waals surface area contributed by atoms with Crippen LogP contribution in [0.2, 0.25) is 0 Å². The summed E-state index contributed by atoms with van der Waals surface area (Å²) >= 11 is 1.51. The van der Waals surface area contributed by atoms with Crippen molar-refractivity contribution in [2.45, 2.75) is 38.3 Å². The number of carbonyl (C=O) groups is 1. The number of urea groups is 1. The van der Waals surface area contributed by atoms with Crippen molar-refractivity contribution in [3.8, 4) is 0 Å². The van der Waals surface area contributed by atoms with Crippen LogP contribution in [-0.2, 0) is 13.0 Å². The number of nitrogens with one attached hydrogen (secondary N) is 1. The summed E-state index contributed by atoms with van der Waals surface area (Å²) in [4.78, 5) is 21.6. The van der Waals surface area contributed by atoms with Gasteiger partial charge in [-0.05, 0) is 18.4 Å². The number of nitrogens with zero attached hydrogens (tertiary/aromatic N) is 3. The summed E-state index contributed by atoms with van der Waals surface area (Å²) in [6.07, 6.45) is 4.51. The van der Waals surface area contributed by atoms with E-state index in [-0.39, 0.29) is 6.03 Å². The second-order valence-electron chi connectivity index (χ2n) is 7.34. The highest BCUT2D eigenvalue weighted by Crippen LogP contribution is 2.25. The highest BCUT2D eigenvalue weighted by Gasteiger charge is 2.37. The van der Waals surface area contributed by atoms with Crippen LogP contribution in [0.4, 0.5) is 9.93 Å². The molecule has 27 heavy (non-hydrogen) atoms. The SMILES string of the molecule is CCCc1cnc(NC(=O)N(C)C[C@@]2(O)CCN(Cc3ccccc3)C2)s1. The molecule has 0 saturated carbocycles. The van der Waals surface area contributed by atoms with Gasteiger partial charge in [0.25, 0.3) is 0 Å². The van der Waals surface area contributed by atoms with E-state index in [1.54, 1.807) is 11.9 Å². The third-order valence-corrected chi connectivity index (χ3v) is 5.77. The van der Waals surface area contributed by atoms with Gasteiger partial charge in [0, 0.05) is 37.8 Å². The Labute approximate surface area is 164 Å². The number of aromatic nitrogens is 1. The van der Waals surface area contributed by atoms with E-state index in [4.69, 9.17) is 0 Å². The smallest absolute Gasteiger partial charge is 0.323 e. The topological polar surface area (TPSA) is 68.7 Å². The van der Waals surface area contributed by atoms with Gasteiger partial charge in [0.15, 0.2) is 5.13 Å². The van der Waals surface area contributed by atoms with Crippen molar-refractivity contribution in [2.75, 3.05) is 32.0 Å². The van der Waals surface area contributed by atoms with Gasteiger partial charge in [-0.15, -0.1) is 11.3 Å². The maximum atomic E-state index is 12.4. The van der Waals surface area contributed by atoms with Crippen LogP contribution >= 0.6 is 11.3 Å². The van der Waals surface area contributed by atoms with Crippen molar-refractivity contribution >= 4 is 22.5 Å². The van der Waals surface area contributed by atoms with Gasteiger partial charge in [-0.2, -0.15) is 0 Å². The lowest BCUT2D eigenvalue weighted by molar-refractivity contribution is 0.0275. The molecule has 0 unspecified atom stereocenters. The van der Waals surface area contributed by atoms with Gasteiger partial charge in [0.1, 0.15) is 0 Å². The van der Waals surface area contributed by atoms with Crippen LogP contribution in [0.5, 0.6) is 0 Å². The van der Waals surface area contributed by atoms with Gasteiger partial charge < -0.3 is 10.0 Å². The summed E-state index contributed by atoms with van der Waals surface area (Å²) in [5, 5.41) is 14.4. The zero-order valence-electron chi connectivity index (χ0n) is 16.0. The Morgan fingerprint density at radius 3 is 2.93 bits per heavy atom. The molecule has 0 radical (unpaired) electrons. The van der Waals surface area contributed by atoms with Crippen LogP contribution in [0.1, 0.15) is 30.2 Å². The summed E-state index contributed by atoms with van der Waals surface area (Å²) in [7, 11) is 1.72. The van der Waals surface area contributed by atoms with Crippen molar-refractivity contribution in [3.63, 3.8) is 0 Å². The quantitative estimate of drug-likeness (QED) is 0.764. The lowest BCUT2D eigenvalue weighted by Crippen LogP contribution is -2.46. The van der Waals surface area contributed by atoms with Crippen molar-refractivity contribution < 1.29 is 9.90 Å². The van der Waals surface area contributed by atoms with Gasteiger partial charge in [-0.3, -0.25) is 10.2 Å². The Balaban J connectivity index is 1.50. The number of benzene rings is 1. The number of hydrogen-bond donors (Lipinski definition) is 2. The number of amides is 2. The third kappa shape index (κ3) is 5.51. The Bertz CT molecular complexity index is 751. The predicted molar refractivity (Wildman–Crippen MR) is 109 cm³/mol. The largest absolute Gasteiger partial charge is 0.387 e. The van der Waals surface area contributed by atoms with Crippen LogP contribution in [0.15, 0.2) is 36.5 Å². The second kappa shape index (κ2) is 8.82. The average Bonchev–Trinajstić information content (AvgIpc) is 3.23. The van der Waals surface area contributed by atoms with E-state index >= 15 is 0 Å². The summed E-state index contributed by atoms with van der Waals surface area (Å²) in [5.74, 6) is 0. The molecular weight excluding hydrogens is 360 g/mol. The molecule has 2 amide bonds. The molecule has 0 bridgehead atoms. The molecular formula is C20H28N4O2S. The lowest BCUT2D eigenvalue weighted by Gasteiger charge is -2.29. The highest BCUT2D eigenvalue weighted by atomic mass is 32.1. The van der Waals surface area contributed by atoms with Gasteiger partial charge in [-0.1, -0.05) is 43.7 Å². The minimum Gasteiger partial charge on any atom is -0.387 e. The molecule has 0 aliphatic carbocycles. The number of aryl methyl sites for hydroxylation is 1. The van der Waals surface area contributed by atoms with E-state index in [0.717, 1.165) is 25.9 Å². The van der Waals surface area contributed by atoms with Gasteiger partial charge >= 0.3 is 6.03 Å². The standard InChI is InChI=1S/C20H28N4O2S/c1-3-7-17-12-21-18(27-17)22-19(25)23(2)14-20(26)10-11-24(15-20)13-16-8-5-4-6-9-16/h4-6,8-9,12,26H,3,7,10-11,13-15H2,1-2H3,(H,21,22,25)/t20-/m0/s1. The molecule has 7 heteroatoms. The molecule has 1 aromatic heterocycles. The Kier molecular flexibility index (Phi) is 6.46. The van der Waals surface area contributed by atoms with Crippen molar-refractivity contribution in [1.82, 2.24) is 14.8 Å². The Morgan fingerprint density at radius 2 is 2.19 bits per heavy atom. The Hall–Kier alpha value is -1.96. The molecule has 1 aliphatic rings. The molecule has 1 aliphatic heterocycles. The van der Waals surface area contributed by atoms with Gasteiger partial charge in [0.2, 0.25) is 0 Å². The van der Waals surface area contributed by atoms with Gasteiger partial charge in [-0.25, -0.2) is 9.78 Å². The molecule has 2 aromatic rings. The molecule has 2 N–H and O–H groups in total. The first-order valence-corrected chi connectivity index (χ1v) is 10.2. The van der Waals surface area contributed by atoms with E-state index in [2.05, 4.69) is 34.3 Å². The van der Waals surface area contributed by atoms with Crippen LogP contribution in [0, 0.1) is 0 Å². The fourth-order valence-corrected chi connectivity index (χ4v) is 4.38. The van der Waals surface area contributed by atoms with Crippen molar-refractivity contribution in [1.29, 1.82) is 0 Å². The second-order valence-corrected chi connectivity index (χ2v) is 8.45. The fraction of sp³-hybridized carbons (Fsp3) is 0.500. The van der Waals surface area contributed by atoms with Crippen LogP contribution in [-0.4, -0.2) is 58.2 Å². The molecule has 0 spiro atoms. The number of carbonyl (C=O) groups excluding carboxylic acids is 1. The predicted octanol–water partition coefficient (Wildman–Crippen LogP) is 3.20. The maximum Gasteiger partial charge on any atom is 0.323 e. The lowest BCUT2D eigenvalue weighted by atomic mass is 10.0. The molecule has 3 rings (SSSR count). The normalized spacial score (nSPS) is 20.0. The molecule has 146 valence electrons. The van der Waals surface area contributed by atoms with E-state index in [9.17, 15) is 9.90 Å². The monoisotopic (exact) mass is 388 g/mol. The number of aliphatic hydroxyl groups is 1. The minimum atomic E-state index is -0.878. The molecule has 6 nitrogen and oxygen atoms in total. The molecule has 1 saturated heterocycles. The van der Waals surface area contributed by atoms with Gasteiger partial charge in [0.05, 0.1) is 12.1 Å². The Morgan fingerprint density at radius 1 is 1.41 bits per heavy atom. The summed E-state index contributed by atoms with van der Waals surface area (Å²) < 4.78 is 0. The average molecular weight is 389 g/mol. The van der Waals surface area contributed by atoms with Crippen molar-refractivity contribution in [3.05, 3.63) is 47.0 Å². The number of rotatable bonds is 7. The van der Waals surface area contributed by atoms with E-state index < -0.39 is 5.60 Å². The maximum absolute atomic E-state index is 12.4. The summed E-state index contributed by atoms with van der Waals surface area (Å²) in [6.45, 7) is 4.63. The number of thiazole rings is 1. The number of likely N-dealkylation sites (N-methyl/N-ethyl adjacent to an activating group) is 1. The molecule has 2 heterocycles. The first-order valence-electron chi connectivity index (χ1n) is 9.43. The van der Waals surface area contributed by atoms with Crippen LogP contribution in [0.25, 0.3) is 0 Å². The summed E-state index contributed by atoms with van der Waals surface area (Å²) in [5.41, 5.74) is 0.358. The first kappa shape index (κ1) is 19.8. The van der Waals surface area contributed by atoms with E-state index in [1.807, 2.05) is 24.4 Å². The van der Waals surface area contributed by atoms with E-state index in [1.165, 1.54) is 21.8 Å². The summed E-state index contributed by atoms with van der Waals surface area (Å²) in [6, 6.07) is 10.0. The number of likely N-dealkylation sites (tertiary alicyclic amines) is 1. The molecule has 1 fully saturated rings. The van der Waals surface area contributed by atoms with Crippen molar-refractivity contribution in [2.24, 2.45) is 0 Å². The molecule has 1 aromatic carbocycles. The van der Waals surface area contributed by atoms with Crippen LogP contribution < -0.4 is 5.32 Å². The minimum absolute atomic E-state index is 0.234. The number of hydrogen-bond acceptors (Lipinski definition) is 5. The van der Waals surface area contributed by atoms with E-state index in [0.29, 0.717) is 24.6 Å². The fourth-order valence-electron chi connectivity index (χ4n) is 3.47.